The van der Waals surface area contributed by atoms with Gasteiger partial charge < -0.3 is 10.5 Å². The van der Waals surface area contributed by atoms with Gasteiger partial charge in [0.2, 0.25) is 0 Å². The van der Waals surface area contributed by atoms with Crippen LogP contribution in [-0.2, 0) is 5.75 Å². The Kier molecular flexibility index (Phi) is 5.01. The van der Waals surface area contributed by atoms with Gasteiger partial charge in [0, 0.05) is 21.9 Å². The molecular weight excluding hydrogens is 379 g/mol. The molecule has 0 saturated heterocycles. The SMILES string of the molecule is COc1ccc(CSc2ccc(-c3nc4ccc(F)cc4s3)cc2N)cc1. The number of aromatic nitrogens is 1. The highest BCUT2D eigenvalue weighted by molar-refractivity contribution is 7.98. The molecule has 0 fully saturated rings. The van der Waals surface area contributed by atoms with Crippen LogP contribution in [0.4, 0.5) is 10.1 Å². The molecule has 0 aliphatic rings. The van der Waals surface area contributed by atoms with E-state index in [1.807, 2.05) is 30.3 Å². The summed E-state index contributed by atoms with van der Waals surface area (Å²) >= 11 is 3.16. The molecule has 0 amide bonds. The zero-order valence-electron chi connectivity index (χ0n) is 14.6. The van der Waals surface area contributed by atoms with Crippen LogP contribution in [0.3, 0.4) is 0 Å². The topological polar surface area (TPSA) is 48.1 Å². The van der Waals surface area contributed by atoms with Gasteiger partial charge in [-0.25, -0.2) is 9.37 Å². The summed E-state index contributed by atoms with van der Waals surface area (Å²) < 4.78 is 19.4. The normalized spacial score (nSPS) is 11.0. The molecule has 4 aromatic rings. The molecule has 0 bridgehead atoms. The second-order valence-corrected chi connectivity index (χ2v) is 8.07. The van der Waals surface area contributed by atoms with Crippen molar-refractivity contribution in [2.24, 2.45) is 0 Å². The number of rotatable bonds is 5. The lowest BCUT2D eigenvalue weighted by Crippen LogP contribution is -1.90. The standard InChI is InChI=1S/C21H17FN2OS2/c1-25-16-6-2-13(3-7-16)12-26-19-9-4-14(10-17(19)23)21-24-18-8-5-15(22)11-20(18)27-21/h2-11H,12,23H2,1H3. The molecule has 3 aromatic carbocycles. The average Bonchev–Trinajstić information content (AvgIpc) is 3.10. The van der Waals surface area contributed by atoms with Crippen molar-refractivity contribution in [3.05, 3.63) is 72.0 Å². The van der Waals surface area contributed by atoms with E-state index >= 15 is 0 Å². The fraction of sp³-hybridized carbons (Fsp3) is 0.0952. The summed E-state index contributed by atoms with van der Waals surface area (Å²) in [5.74, 6) is 1.43. The van der Waals surface area contributed by atoms with Gasteiger partial charge in [-0.3, -0.25) is 0 Å². The summed E-state index contributed by atoms with van der Waals surface area (Å²) in [6, 6.07) is 18.6. The van der Waals surface area contributed by atoms with Crippen LogP contribution in [0.1, 0.15) is 5.56 Å². The first-order chi connectivity index (χ1) is 13.1. The average molecular weight is 397 g/mol. The van der Waals surface area contributed by atoms with E-state index in [0.717, 1.165) is 42.9 Å². The minimum absolute atomic E-state index is 0.248. The quantitative estimate of drug-likeness (QED) is 0.333. The lowest BCUT2D eigenvalue weighted by molar-refractivity contribution is 0.414. The minimum Gasteiger partial charge on any atom is -0.497 e. The van der Waals surface area contributed by atoms with Gasteiger partial charge in [-0.15, -0.1) is 23.1 Å². The summed E-state index contributed by atoms with van der Waals surface area (Å²) in [6.07, 6.45) is 0. The second-order valence-electron chi connectivity index (χ2n) is 6.02. The number of halogens is 1. The maximum Gasteiger partial charge on any atom is 0.124 e. The third-order valence-electron chi connectivity index (χ3n) is 4.16. The molecule has 0 saturated carbocycles. The van der Waals surface area contributed by atoms with Crippen LogP contribution < -0.4 is 10.5 Å². The van der Waals surface area contributed by atoms with E-state index in [-0.39, 0.29) is 5.82 Å². The Labute approximate surface area is 165 Å². The van der Waals surface area contributed by atoms with E-state index < -0.39 is 0 Å². The summed E-state index contributed by atoms with van der Waals surface area (Å²) in [6.45, 7) is 0. The third kappa shape index (κ3) is 3.91. The molecule has 0 atom stereocenters. The summed E-state index contributed by atoms with van der Waals surface area (Å²) in [5, 5.41) is 0.842. The Balaban J connectivity index is 1.52. The molecule has 1 aromatic heterocycles. The predicted molar refractivity (Wildman–Crippen MR) is 112 cm³/mol. The van der Waals surface area contributed by atoms with Crippen molar-refractivity contribution in [3.63, 3.8) is 0 Å². The van der Waals surface area contributed by atoms with Gasteiger partial charge in [0.1, 0.15) is 16.6 Å². The smallest absolute Gasteiger partial charge is 0.124 e. The van der Waals surface area contributed by atoms with Gasteiger partial charge in [-0.05, 0) is 48.0 Å². The minimum atomic E-state index is -0.248. The predicted octanol–water partition coefficient (Wildman–Crippen LogP) is 5.99. The highest BCUT2D eigenvalue weighted by Crippen LogP contribution is 2.35. The van der Waals surface area contributed by atoms with E-state index in [4.69, 9.17) is 10.5 Å². The number of hydrogen-bond donors (Lipinski definition) is 1. The number of anilines is 1. The maximum absolute atomic E-state index is 13.4. The molecule has 2 N–H and O–H groups in total. The van der Waals surface area contributed by atoms with Gasteiger partial charge >= 0.3 is 0 Å². The van der Waals surface area contributed by atoms with Crippen molar-refractivity contribution >= 4 is 39.0 Å². The molecule has 3 nitrogen and oxygen atoms in total. The number of methoxy groups -OCH3 is 1. The first-order valence-electron chi connectivity index (χ1n) is 8.34. The summed E-state index contributed by atoms with van der Waals surface area (Å²) in [4.78, 5) is 5.61. The first kappa shape index (κ1) is 17.8. The van der Waals surface area contributed by atoms with Crippen molar-refractivity contribution in [2.75, 3.05) is 12.8 Å². The zero-order valence-corrected chi connectivity index (χ0v) is 16.2. The van der Waals surface area contributed by atoms with Crippen LogP contribution in [0.15, 0.2) is 65.6 Å². The van der Waals surface area contributed by atoms with Crippen LogP contribution in [0.2, 0.25) is 0 Å². The van der Waals surface area contributed by atoms with Gasteiger partial charge in [-0.2, -0.15) is 0 Å². The Morgan fingerprint density at radius 2 is 1.89 bits per heavy atom. The summed E-state index contributed by atoms with van der Waals surface area (Å²) in [5.41, 5.74) is 9.93. The lowest BCUT2D eigenvalue weighted by Gasteiger charge is -2.08. The molecule has 0 radical (unpaired) electrons. The number of thioether (sulfide) groups is 1. The van der Waals surface area contributed by atoms with Gasteiger partial charge in [0.15, 0.2) is 0 Å². The van der Waals surface area contributed by atoms with E-state index in [1.54, 1.807) is 24.9 Å². The Morgan fingerprint density at radius 3 is 2.63 bits per heavy atom. The van der Waals surface area contributed by atoms with Gasteiger partial charge in [0.25, 0.3) is 0 Å². The van der Waals surface area contributed by atoms with Crippen molar-refractivity contribution in [3.8, 4) is 16.3 Å². The number of nitrogen functional groups attached to an aromatic ring is 1. The number of nitrogens with two attached hydrogens (primary N) is 1. The van der Waals surface area contributed by atoms with Crippen molar-refractivity contribution in [2.45, 2.75) is 10.6 Å². The Hall–Kier alpha value is -2.57. The number of nitrogens with zero attached hydrogens (tertiary/aromatic N) is 1. The van der Waals surface area contributed by atoms with Crippen LogP contribution in [0, 0.1) is 5.82 Å². The maximum atomic E-state index is 13.4. The largest absolute Gasteiger partial charge is 0.497 e. The van der Waals surface area contributed by atoms with E-state index in [2.05, 4.69) is 17.1 Å². The number of benzene rings is 3. The van der Waals surface area contributed by atoms with Crippen molar-refractivity contribution in [1.82, 2.24) is 4.98 Å². The number of ether oxygens (including phenoxy) is 1. The highest BCUT2D eigenvalue weighted by Gasteiger charge is 2.10. The zero-order chi connectivity index (χ0) is 18.8. The van der Waals surface area contributed by atoms with Crippen LogP contribution in [0.5, 0.6) is 5.75 Å². The van der Waals surface area contributed by atoms with Gasteiger partial charge in [-0.1, -0.05) is 18.2 Å². The number of fused-ring (bicyclic) bond motifs is 1. The summed E-state index contributed by atoms with van der Waals surface area (Å²) in [7, 11) is 1.66. The molecular formula is C21H17FN2OS2. The second kappa shape index (κ2) is 7.58. The fourth-order valence-electron chi connectivity index (χ4n) is 2.72. The molecule has 6 heteroatoms. The van der Waals surface area contributed by atoms with E-state index in [9.17, 15) is 4.39 Å². The first-order valence-corrected chi connectivity index (χ1v) is 10.1. The molecule has 4 rings (SSSR count). The Bertz CT molecular complexity index is 1090. The monoisotopic (exact) mass is 396 g/mol. The molecule has 1 heterocycles. The molecule has 0 aliphatic carbocycles. The molecule has 0 spiro atoms. The Morgan fingerprint density at radius 1 is 1.07 bits per heavy atom. The van der Waals surface area contributed by atoms with Crippen LogP contribution in [0.25, 0.3) is 20.8 Å². The number of thiazole rings is 1. The lowest BCUT2D eigenvalue weighted by atomic mass is 10.2. The third-order valence-corrected chi connectivity index (χ3v) is 6.39. The number of hydrogen-bond acceptors (Lipinski definition) is 5. The molecule has 0 unspecified atom stereocenters. The molecule has 0 aliphatic heterocycles. The highest BCUT2D eigenvalue weighted by atomic mass is 32.2. The molecule has 136 valence electrons. The molecule has 27 heavy (non-hydrogen) atoms. The van der Waals surface area contributed by atoms with E-state index in [1.165, 1.54) is 29.0 Å². The van der Waals surface area contributed by atoms with Crippen molar-refractivity contribution < 1.29 is 9.13 Å². The van der Waals surface area contributed by atoms with E-state index in [0.29, 0.717) is 0 Å². The van der Waals surface area contributed by atoms with Crippen LogP contribution in [-0.4, -0.2) is 12.1 Å². The fourth-order valence-corrected chi connectivity index (χ4v) is 4.61. The van der Waals surface area contributed by atoms with Crippen molar-refractivity contribution in [1.29, 1.82) is 0 Å². The van der Waals surface area contributed by atoms with Gasteiger partial charge in [0.05, 0.1) is 17.3 Å². The van der Waals surface area contributed by atoms with Crippen LogP contribution >= 0.6 is 23.1 Å².